The predicted octanol–water partition coefficient (Wildman–Crippen LogP) is 2.71. The SMILES string of the molecule is CCC(C1=CCC(C=O)CC1)C(C)(C)O. The molecular weight excluding hydrogens is 188 g/mol. The highest BCUT2D eigenvalue weighted by Gasteiger charge is 2.29. The van der Waals surface area contributed by atoms with E-state index in [1.165, 1.54) is 5.57 Å². The minimum absolute atomic E-state index is 0.202. The fraction of sp³-hybridized carbons (Fsp3) is 0.769. The van der Waals surface area contributed by atoms with Crippen molar-refractivity contribution in [3.8, 4) is 0 Å². The lowest BCUT2D eigenvalue weighted by atomic mass is 9.76. The van der Waals surface area contributed by atoms with E-state index in [2.05, 4.69) is 13.0 Å². The highest BCUT2D eigenvalue weighted by atomic mass is 16.3. The molecule has 15 heavy (non-hydrogen) atoms. The van der Waals surface area contributed by atoms with Crippen LogP contribution in [-0.2, 0) is 4.79 Å². The van der Waals surface area contributed by atoms with Gasteiger partial charge < -0.3 is 9.90 Å². The lowest BCUT2D eigenvalue weighted by molar-refractivity contribution is -0.111. The van der Waals surface area contributed by atoms with E-state index >= 15 is 0 Å². The summed E-state index contributed by atoms with van der Waals surface area (Å²) in [6.07, 6.45) is 6.94. The van der Waals surface area contributed by atoms with Crippen LogP contribution in [0.5, 0.6) is 0 Å². The second-order valence-electron chi connectivity index (χ2n) is 5.06. The molecule has 0 saturated heterocycles. The van der Waals surface area contributed by atoms with Gasteiger partial charge in [0.2, 0.25) is 0 Å². The summed E-state index contributed by atoms with van der Waals surface area (Å²) in [6, 6.07) is 0. The van der Waals surface area contributed by atoms with E-state index in [0.717, 1.165) is 32.0 Å². The van der Waals surface area contributed by atoms with Gasteiger partial charge in [-0.25, -0.2) is 0 Å². The lowest BCUT2D eigenvalue weighted by Gasteiger charge is -2.33. The Morgan fingerprint density at radius 3 is 2.67 bits per heavy atom. The second-order valence-corrected chi connectivity index (χ2v) is 5.06. The molecule has 0 fully saturated rings. The van der Waals surface area contributed by atoms with Gasteiger partial charge in [-0.2, -0.15) is 0 Å². The molecule has 2 atom stereocenters. The maximum atomic E-state index is 10.6. The molecule has 2 nitrogen and oxygen atoms in total. The third-order valence-corrected chi connectivity index (χ3v) is 3.39. The molecule has 0 aromatic heterocycles. The number of aldehydes is 1. The van der Waals surface area contributed by atoms with Gasteiger partial charge >= 0.3 is 0 Å². The van der Waals surface area contributed by atoms with Gasteiger partial charge in [0.05, 0.1) is 5.60 Å². The number of rotatable bonds is 4. The zero-order valence-corrected chi connectivity index (χ0v) is 9.99. The standard InChI is InChI=1S/C13H22O2/c1-4-12(13(2,3)15)11-7-5-10(9-14)6-8-11/h7,9-10,12,15H,4-6,8H2,1-3H3. The van der Waals surface area contributed by atoms with Crippen molar-refractivity contribution >= 4 is 6.29 Å². The first-order valence-electron chi connectivity index (χ1n) is 5.85. The summed E-state index contributed by atoms with van der Waals surface area (Å²) in [6.45, 7) is 5.84. The number of hydrogen-bond acceptors (Lipinski definition) is 2. The molecule has 2 unspecified atom stereocenters. The molecule has 0 amide bonds. The number of carbonyl (C=O) groups is 1. The Labute approximate surface area is 92.4 Å². The average Bonchev–Trinajstić information content (AvgIpc) is 2.18. The van der Waals surface area contributed by atoms with Gasteiger partial charge in [-0.05, 0) is 39.5 Å². The molecule has 1 aliphatic carbocycles. The van der Waals surface area contributed by atoms with Gasteiger partial charge in [-0.3, -0.25) is 0 Å². The van der Waals surface area contributed by atoms with Crippen molar-refractivity contribution < 1.29 is 9.90 Å². The lowest BCUT2D eigenvalue weighted by Crippen LogP contribution is -2.32. The maximum absolute atomic E-state index is 10.6. The zero-order valence-electron chi connectivity index (χ0n) is 9.99. The van der Waals surface area contributed by atoms with Gasteiger partial charge in [0.1, 0.15) is 6.29 Å². The molecule has 0 aromatic rings. The van der Waals surface area contributed by atoms with Crippen LogP contribution in [-0.4, -0.2) is 17.0 Å². The Kier molecular flexibility index (Phi) is 4.09. The molecule has 1 N–H and O–H groups in total. The first kappa shape index (κ1) is 12.4. The van der Waals surface area contributed by atoms with Gasteiger partial charge in [-0.1, -0.05) is 18.6 Å². The fourth-order valence-corrected chi connectivity index (χ4v) is 2.53. The number of allylic oxidation sites excluding steroid dienone is 1. The minimum atomic E-state index is -0.644. The van der Waals surface area contributed by atoms with Crippen LogP contribution in [0.4, 0.5) is 0 Å². The van der Waals surface area contributed by atoms with Crippen LogP contribution >= 0.6 is 0 Å². The summed E-state index contributed by atoms with van der Waals surface area (Å²) in [5.41, 5.74) is 0.692. The predicted molar refractivity (Wildman–Crippen MR) is 61.6 cm³/mol. The third-order valence-electron chi connectivity index (χ3n) is 3.39. The first-order chi connectivity index (χ1) is 6.99. The van der Waals surface area contributed by atoms with E-state index in [1.54, 1.807) is 0 Å². The Balaban J connectivity index is 2.71. The van der Waals surface area contributed by atoms with Crippen molar-refractivity contribution in [1.29, 1.82) is 0 Å². The molecule has 0 aliphatic heterocycles. The van der Waals surface area contributed by atoms with Gasteiger partial charge in [0, 0.05) is 11.8 Å². The highest BCUT2D eigenvalue weighted by Crippen LogP contribution is 2.34. The van der Waals surface area contributed by atoms with E-state index in [9.17, 15) is 9.90 Å². The van der Waals surface area contributed by atoms with Crippen LogP contribution in [0.2, 0.25) is 0 Å². The van der Waals surface area contributed by atoms with Crippen LogP contribution in [0.25, 0.3) is 0 Å². The quantitative estimate of drug-likeness (QED) is 0.572. The van der Waals surface area contributed by atoms with E-state index in [1.807, 2.05) is 13.8 Å². The number of carbonyl (C=O) groups excluding carboxylic acids is 1. The largest absolute Gasteiger partial charge is 0.390 e. The average molecular weight is 210 g/mol. The Hall–Kier alpha value is -0.630. The Morgan fingerprint density at radius 1 is 1.67 bits per heavy atom. The highest BCUT2D eigenvalue weighted by molar-refractivity contribution is 5.54. The van der Waals surface area contributed by atoms with Crippen LogP contribution in [0.3, 0.4) is 0 Å². The molecule has 1 aliphatic rings. The van der Waals surface area contributed by atoms with Crippen molar-refractivity contribution in [2.75, 3.05) is 0 Å². The summed E-state index contributed by atoms with van der Waals surface area (Å²) in [7, 11) is 0. The van der Waals surface area contributed by atoms with Crippen molar-refractivity contribution in [2.24, 2.45) is 11.8 Å². The number of aliphatic hydroxyl groups is 1. The molecule has 0 spiro atoms. The molecule has 86 valence electrons. The maximum Gasteiger partial charge on any atom is 0.123 e. The van der Waals surface area contributed by atoms with Crippen LogP contribution in [0, 0.1) is 11.8 Å². The van der Waals surface area contributed by atoms with Crippen molar-refractivity contribution in [1.82, 2.24) is 0 Å². The van der Waals surface area contributed by atoms with Crippen LogP contribution in [0.15, 0.2) is 11.6 Å². The smallest absolute Gasteiger partial charge is 0.123 e. The Bertz CT molecular complexity index is 248. The summed E-state index contributed by atoms with van der Waals surface area (Å²) < 4.78 is 0. The molecule has 2 heteroatoms. The van der Waals surface area contributed by atoms with E-state index < -0.39 is 5.60 Å². The zero-order chi connectivity index (χ0) is 11.5. The molecule has 0 radical (unpaired) electrons. The summed E-state index contributed by atoms with van der Waals surface area (Å²) in [4.78, 5) is 10.6. The van der Waals surface area contributed by atoms with E-state index in [4.69, 9.17) is 0 Å². The molecule has 0 aromatic carbocycles. The Morgan fingerprint density at radius 2 is 2.33 bits per heavy atom. The van der Waals surface area contributed by atoms with Crippen molar-refractivity contribution in [2.45, 2.75) is 52.1 Å². The van der Waals surface area contributed by atoms with Gasteiger partial charge in [0.25, 0.3) is 0 Å². The second kappa shape index (κ2) is 4.93. The first-order valence-corrected chi connectivity index (χ1v) is 5.85. The normalized spacial score (nSPS) is 24.5. The third kappa shape index (κ3) is 3.16. The van der Waals surface area contributed by atoms with Gasteiger partial charge in [-0.15, -0.1) is 0 Å². The monoisotopic (exact) mass is 210 g/mol. The summed E-state index contributed by atoms with van der Waals surface area (Å²) >= 11 is 0. The summed E-state index contributed by atoms with van der Waals surface area (Å²) in [5.74, 6) is 0.443. The molecule has 0 bridgehead atoms. The summed E-state index contributed by atoms with van der Waals surface area (Å²) in [5, 5.41) is 10.0. The van der Waals surface area contributed by atoms with Crippen LogP contribution < -0.4 is 0 Å². The van der Waals surface area contributed by atoms with Crippen molar-refractivity contribution in [3.05, 3.63) is 11.6 Å². The van der Waals surface area contributed by atoms with Crippen molar-refractivity contribution in [3.63, 3.8) is 0 Å². The van der Waals surface area contributed by atoms with E-state index in [-0.39, 0.29) is 11.8 Å². The number of hydrogen-bond donors (Lipinski definition) is 1. The van der Waals surface area contributed by atoms with E-state index in [0.29, 0.717) is 0 Å². The molecule has 1 rings (SSSR count). The molecule has 0 heterocycles. The van der Waals surface area contributed by atoms with Crippen LogP contribution in [0.1, 0.15) is 46.5 Å². The topological polar surface area (TPSA) is 37.3 Å². The molecular formula is C13H22O2. The minimum Gasteiger partial charge on any atom is -0.390 e. The molecule has 0 saturated carbocycles. The van der Waals surface area contributed by atoms with Gasteiger partial charge in [0.15, 0.2) is 0 Å². The fourth-order valence-electron chi connectivity index (χ4n) is 2.53.